The van der Waals surface area contributed by atoms with Crippen molar-refractivity contribution in [2.45, 2.75) is 6.92 Å². The minimum atomic E-state index is 0.698. The minimum absolute atomic E-state index is 0.698. The summed E-state index contributed by atoms with van der Waals surface area (Å²) < 4.78 is 5.27. The van der Waals surface area contributed by atoms with Crippen LogP contribution in [-0.4, -0.2) is 23.6 Å². The Hall–Kier alpha value is -2.62. The molecule has 0 fully saturated rings. The predicted octanol–water partition coefficient (Wildman–Crippen LogP) is 3.74. The first kappa shape index (κ1) is 13.4. The highest BCUT2D eigenvalue weighted by atomic mass is 16.5. The van der Waals surface area contributed by atoms with Crippen LogP contribution in [-0.2, 0) is 0 Å². The first-order valence-corrected chi connectivity index (χ1v) is 6.97. The van der Waals surface area contributed by atoms with E-state index in [1.807, 2.05) is 48.5 Å². The summed E-state index contributed by atoms with van der Waals surface area (Å²) >= 11 is 0. The van der Waals surface area contributed by atoms with Crippen LogP contribution in [0.3, 0.4) is 0 Å². The van der Waals surface area contributed by atoms with E-state index < -0.39 is 0 Å². The number of hydrogen-bond acceptors (Lipinski definition) is 4. The van der Waals surface area contributed by atoms with Gasteiger partial charge >= 0.3 is 0 Å². The van der Waals surface area contributed by atoms with E-state index in [0.717, 1.165) is 34.6 Å². The summed E-state index contributed by atoms with van der Waals surface area (Å²) in [5.74, 6) is 2.36. The number of aromatic nitrogens is 2. The first-order chi connectivity index (χ1) is 10.3. The molecule has 1 aromatic heterocycles. The molecule has 1 N–H and O–H groups in total. The molecule has 0 radical (unpaired) electrons. The van der Waals surface area contributed by atoms with E-state index in [9.17, 15) is 0 Å². The highest BCUT2D eigenvalue weighted by Gasteiger charge is 2.09. The minimum Gasteiger partial charge on any atom is -0.497 e. The molecule has 0 unspecified atom stereocenters. The molecule has 0 atom stereocenters. The molecular weight excluding hydrogens is 262 g/mol. The van der Waals surface area contributed by atoms with E-state index in [2.05, 4.69) is 22.2 Å². The number of fused-ring (bicyclic) bond motifs is 1. The fraction of sp³-hybridized carbons (Fsp3) is 0.176. The molecule has 0 saturated heterocycles. The lowest BCUT2D eigenvalue weighted by Gasteiger charge is -2.10. The highest BCUT2D eigenvalue weighted by molar-refractivity contribution is 5.90. The molecule has 4 nitrogen and oxygen atoms in total. The maximum absolute atomic E-state index is 5.27. The topological polar surface area (TPSA) is 47.0 Å². The van der Waals surface area contributed by atoms with Gasteiger partial charge in [0.15, 0.2) is 5.82 Å². The Kier molecular flexibility index (Phi) is 3.69. The number of anilines is 1. The van der Waals surface area contributed by atoms with Gasteiger partial charge in [-0.25, -0.2) is 9.97 Å². The third kappa shape index (κ3) is 2.65. The molecule has 0 spiro atoms. The van der Waals surface area contributed by atoms with Crippen LogP contribution in [0.5, 0.6) is 5.75 Å². The van der Waals surface area contributed by atoms with E-state index in [1.54, 1.807) is 7.11 Å². The molecule has 3 rings (SSSR count). The van der Waals surface area contributed by atoms with Crippen molar-refractivity contribution in [1.29, 1.82) is 0 Å². The summed E-state index contributed by atoms with van der Waals surface area (Å²) in [5.41, 5.74) is 1.88. The number of ether oxygens (including phenoxy) is 1. The third-order valence-corrected chi connectivity index (χ3v) is 3.28. The van der Waals surface area contributed by atoms with Crippen LogP contribution in [0.4, 0.5) is 5.82 Å². The van der Waals surface area contributed by atoms with E-state index in [1.165, 1.54) is 0 Å². The van der Waals surface area contributed by atoms with Crippen molar-refractivity contribution in [3.63, 3.8) is 0 Å². The molecule has 4 heteroatoms. The van der Waals surface area contributed by atoms with Crippen molar-refractivity contribution >= 4 is 16.7 Å². The van der Waals surface area contributed by atoms with Gasteiger partial charge in [-0.05, 0) is 31.2 Å². The molecule has 1 heterocycles. The van der Waals surface area contributed by atoms with E-state index >= 15 is 0 Å². The van der Waals surface area contributed by atoms with E-state index in [0.29, 0.717) is 5.82 Å². The van der Waals surface area contributed by atoms with Gasteiger partial charge in [0.1, 0.15) is 11.6 Å². The maximum Gasteiger partial charge on any atom is 0.162 e. The Morgan fingerprint density at radius 2 is 1.90 bits per heavy atom. The summed E-state index contributed by atoms with van der Waals surface area (Å²) in [4.78, 5) is 9.32. The number of rotatable bonds is 4. The molecule has 106 valence electrons. The average molecular weight is 279 g/mol. The summed E-state index contributed by atoms with van der Waals surface area (Å²) in [6.45, 7) is 2.88. The zero-order chi connectivity index (χ0) is 14.7. The van der Waals surface area contributed by atoms with E-state index in [4.69, 9.17) is 4.74 Å². The lowest BCUT2D eigenvalue weighted by Crippen LogP contribution is -2.02. The molecule has 0 aliphatic carbocycles. The lowest BCUT2D eigenvalue weighted by atomic mass is 10.1. The van der Waals surface area contributed by atoms with Gasteiger partial charge < -0.3 is 10.1 Å². The molecule has 0 amide bonds. The summed E-state index contributed by atoms with van der Waals surface area (Å²) in [5, 5.41) is 4.34. The van der Waals surface area contributed by atoms with Gasteiger partial charge in [-0.15, -0.1) is 0 Å². The van der Waals surface area contributed by atoms with Gasteiger partial charge in [0.05, 0.1) is 12.6 Å². The zero-order valence-electron chi connectivity index (χ0n) is 12.1. The van der Waals surface area contributed by atoms with Crippen molar-refractivity contribution in [3.8, 4) is 17.1 Å². The second-order valence-electron chi connectivity index (χ2n) is 4.68. The Bertz CT molecular complexity index is 771. The fourth-order valence-corrected chi connectivity index (χ4v) is 2.27. The molecule has 0 aliphatic heterocycles. The van der Waals surface area contributed by atoms with Crippen LogP contribution in [0.25, 0.3) is 22.3 Å². The molecule has 0 aliphatic rings. The quantitative estimate of drug-likeness (QED) is 0.790. The van der Waals surface area contributed by atoms with Gasteiger partial charge in [0.2, 0.25) is 0 Å². The third-order valence-electron chi connectivity index (χ3n) is 3.28. The van der Waals surface area contributed by atoms with Crippen molar-refractivity contribution in [1.82, 2.24) is 9.97 Å². The number of nitrogens with zero attached hydrogens (tertiary/aromatic N) is 2. The molecule has 2 aromatic carbocycles. The van der Waals surface area contributed by atoms with Crippen LogP contribution in [0.1, 0.15) is 6.92 Å². The van der Waals surface area contributed by atoms with Gasteiger partial charge in [-0.1, -0.05) is 24.3 Å². The summed E-state index contributed by atoms with van der Waals surface area (Å²) in [6.07, 6.45) is 0. The standard InChI is InChI=1S/C17H17N3O/c1-3-18-17-14-9-4-5-10-15(14)19-16(20-17)12-7-6-8-13(11-12)21-2/h4-11H,3H2,1-2H3,(H,18,19,20). The van der Waals surface area contributed by atoms with Gasteiger partial charge in [-0.2, -0.15) is 0 Å². The second kappa shape index (κ2) is 5.79. The van der Waals surface area contributed by atoms with Crippen molar-refractivity contribution in [3.05, 3.63) is 48.5 Å². The normalized spacial score (nSPS) is 10.6. The number of hydrogen-bond donors (Lipinski definition) is 1. The van der Waals surface area contributed by atoms with Crippen molar-refractivity contribution in [2.75, 3.05) is 19.0 Å². The van der Waals surface area contributed by atoms with Crippen molar-refractivity contribution < 1.29 is 4.74 Å². The highest BCUT2D eigenvalue weighted by Crippen LogP contribution is 2.26. The maximum atomic E-state index is 5.27. The Labute approximate surface area is 123 Å². The SMILES string of the molecule is CCNc1nc(-c2cccc(OC)c2)nc2ccccc12. The zero-order valence-corrected chi connectivity index (χ0v) is 12.1. The van der Waals surface area contributed by atoms with E-state index in [-0.39, 0.29) is 0 Å². The predicted molar refractivity (Wildman–Crippen MR) is 85.7 cm³/mol. The van der Waals surface area contributed by atoms with Gasteiger partial charge in [0.25, 0.3) is 0 Å². The number of para-hydroxylation sites is 1. The largest absolute Gasteiger partial charge is 0.497 e. The summed E-state index contributed by atoms with van der Waals surface area (Å²) in [6, 6.07) is 15.8. The molecule has 0 saturated carbocycles. The monoisotopic (exact) mass is 279 g/mol. The number of methoxy groups -OCH3 is 1. The molecule has 0 bridgehead atoms. The Balaban J connectivity index is 2.18. The van der Waals surface area contributed by atoms with Gasteiger partial charge in [0, 0.05) is 17.5 Å². The molecule has 3 aromatic rings. The lowest BCUT2D eigenvalue weighted by molar-refractivity contribution is 0.415. The molecule has 21 heavy (non-hydrogen) atoms. The Morgan fingerprint density at radius 1 is 1.05 bits per heavy atom. The fourth-order valence-electron chi connectivity index (χ4n) is 2.27. The first-order valence-electron chi connectivity index (χ1n) is 6.97. The molecular formula is C17H17N3O. The van der Waals surface area contributed by atoms with Crippen LogP contribution >= 0.6 is 0 Å². The van der Waals surface area contributed by atoms with Crippen LogP contribution in [0.2, 0.25) is 0 Å². The van der Waals surface area contributed by atoms with Gasteiger partial charge in [-0.3, -0.25) is 0 Å². The number of nitrogens with one attached hydrogen (secondary N) is 1. The second-order valence-corrected chi connectivity index (χ2v) is 4.68. The number of benzene rings is 2. The van der Waals surface area contributed by atoms with Crippen LogP contribution in [0.15, 0.2) is 48.5 Å². The Morgan fingerprint density at radius 3 is 2.71 bits per heavy atom. The van der Waals surface area contributed by atoms with Crippen molar-refractivity contribution in [2.24, 2.45) is 0 Å². The summed E-state index contributed by atoms with van der Waals surface area (Å²) in [7, 11) is 1.66. The van der Waals surface area contributed by atoms with Crippen LogP contribution < -0.4 is 10.1 Å². The smallest absolute Gasteiger partial charge is 0.162 e. The average Bonchev–Trinajstić information content (AvgIpc) is 2.55. The van der Waals surface area contributed by atoms with Crippen LogP contribution in [0, 0.1) is 0 Å².